The van der Waals surface area contributed by atoms with Crippen LogP contribution in [0.15, 0.2) is 24.3 Å². The van der Waals surface area contributed by atoms with E-state index in [1.54, 1.807) is 0 Å². The minimum Gasteiger partial charge on any atom is -0.366 e. The smallest absolute Gasteiger partial charge is 0.230 e. The van der Waals surface area contributed by atoms with Crippen LogP contribution in [0.25, 0.3) is 0 Å². The predicted octanol–water partition coefficient (Wildman–Crippen LogP) is 1.40. The molecule has 0 aliphatic carbocycles. The van der Waals surface area contributed by atoms with Gasteiger partial charge in [0.2, 0.25) is 6.54 Å². The maximum atomic E-state index is 10.3. The molecule has 1 aliphatic rings. The Morgan fingerprint density at radius 3 is 2.86 bits per heavy atom. The van der Waals surface area contributed by atoms with Crippen molar-refractivity contribution in [3.05, 3.63) is 45.5 Å². The molecule has 0 saturated carbocycles. The number of nitro groups is 1. The Bertz CT molecular complexity index is 351. The first-order valence-corrected chi connectivity index (χ1v) is 4.56. The fourth-order valence-electron chi connectivity index (χ4n) is 1.69. The van der Waals surface area contributed by atoms with Gasteiger partial charge in [0.15, 0.2) is 0 Å². The third kappa shape index (κ3) is 1.90. The van der Waals surface area contributed by atoms with Gasteiger partial charge in [-0.1, -0.05) is 24.3 Å². The fraction of sp³-hybridized carbons (Fsp3) is 0.400. The summed E-state index contributed by atoms with van der Waals surface area (Å²) in [6.45, 7) is 0.392. The Morgan fingerprint density at radius 2 is 2.14 bits per heavy atom. The summed E-state index contributed by atoms with van der Waals surface area (Å²) in [6, 6.07) is 7.91. The number of ether oxygens (including phenoxy) is 1. The van der Waals surface area contributed by atoms with E-state index in [4.69, 9.17) is 4.74 Å². The average molecular weight is 193 g/mol. The van der Waals surface area contributed by atoms with E-state index in [0.29, 0.717) is 13.0 Å². The molecular weight excluding hydrogens is 182 g/mol. The highest BCUT2D eigenvalue weighted by molar-refractivity contribution is 5.28. The van der Waals surface area contributed by atoms with E-state index in [9.17, 15) is 10.1 Å². The molecule has 0 saturated heterocycles. The molecule has 1 aromatic rings. The van der Waals surface area contributed by atoms with E-state index in [0.717, 1.165) is 5.56 Å². The van der Waals surface area contributed by atoms with E-state index >= 15 is 0 Å². The van der Waals surface area contributed by atoms with Crippen LogP contribution in [-0.4, -0.2) is 17.6 Å². The molecule has 0 spiro atoms. The summed E-state index contributed by atoms with van der Waals surface area (Å²) in [7, 11) is 0. The lowest BCUT2D eigenvalue weighted by Gasteiger charge is -2.22. The van der Waals surface area contributed by atoms with Crippen molar-refractivity contribution in [3.63, 3.8) is 0 Å². The zero-order valence-electron chi connectivity index (χ0n) is 7.68. The van der Waals surface area contributed by atoms with Crippen LogP contribution in [0.1, 0.15) is 11.1 Å². The van der Waals surface area contributed by atoms with Crippen molar-refractivity contribution < 1.29 is 9.66 Å². The molecular formula is C10H11NO3. The molecule has 0 radical (unpaired) electrons. The predicted molar refractivity (Wildman–Crippen MR) is 50.6 cm³/mol. The van der Waals surface area contributed by atoms with Crippen LogP contribution >= 0.6 is 0 Å². The van der Waals surface area contributed by atoms with Crippen LogP contribution in [-0.2, 0) is 17.8 Å². The molecule has 1 aromatic carbocycles. The van der Waals surface area contributed by atoms with Crippen molar-refractivity contribution in [3.8, 4) is 0 Å². The number of benzene rings is 1. The molecule has 4 nitrogen and oxygen atoms in total. The van der Waals surface area contributed by atoms with Crippen molar-refractivity contribution in [1.29, 1.82) is 0 Å². The third-order valence-electron chi connectivity index (χ3n) is 2.39. The molecule has 0 amide bonds. The van der Waals surface area contributed by atoms with Crippen molar-refractivity contribution in [2.75, 3.05) is 6.54 Å². The summed E-state index contributed by atoms with van der Waals surface area (Å²) in [5.41, 5.74) is 2.32. The summed E-state index contributed by atoms with van der Waals surface area (Å²) < 4.78 is 5.37. The Hall–Kier alpha value is -1.42. The summed E-state index contributed by atoms with van der Waals surface area (Å²) in [5, 5.41) is 10.3. The van der Waals surface area contributed by atoms with Crippen LogP contribution in [0.2, 0.25) is 0 Å². The van der Waals surface area contributed by atoms with Gasteiger partial charge in [0.05, 0.1) is 6.61 Å². The first-order chi connectivity index (χ1) is 6.75. The summed E-state index contributed by atoms with van der Waals surface area (Å²) in [5.74, 6) is 0. The van der Waals surface area contributed by atoms with E-state index in [-0.39, 0.29) is 17.6 Å². The first-order valence-electron chi connectivity index (χ1n) is 4.56. The molecule has 0 N–H and O–H groups in total. The molecule has 14 heavy (non-hydrogen) atoms. The average Bonchev–Trinajstić information content (AvgIpc) is 2.17. The molecule has 0 fully saturated rings. The van der Waals surface area contributed by atoms with Gasteiger partial charge < -0.3 is 4.74 Å². The van der Waals surface area contributed by atoms with Crippen molar-refractivity contribution in [1.82, 2.24) is 0 Å². The zero-order chi connectivity index (χ0) is 9.97. The Morgan fingerprint density at radius 1 is 1.43 bits per heavy atom. The Kier molecular flexibility index (Phi) is 2.45. The van der Waals surface area contributed by atoms with Crippen LogP contribution < -0.4 is 0 Å². The normalized spacial score (nSPS) is 20.1. The van der Waals surface area contributed by atoms with Crippen molar-refractivity contribution >= 4 is 0 Å². The summed E-state index contributed by atoms with van der Waals surface area (Å²) in [6.07, 6.45) is 0.386. The lowest BCUT2D eigenvalue weighted by Crippen LogP contribution is -2.29. The highest BCUT2D eigenvalue weighted by Gasteiger charge is 2.22. The lowest BCUT2D eigenvalue weighted by molar-refractivity contribution is -0.492. The van der Waals surface area contributed by atoms with Crippen LogP contribution in [0.3, 0.4) is 0 Å². The van der Waals surface area contributed by atoms with Crippen LogP contribution in [0, 0.1) is 10.1 Å². The van der Waals surface area contributed by atoms with Gasteiger partial charge >= 0.3 is 0 Å². The molecule has 0 aromatic heterocycles. The lowest BCUT2D eigenvalue weighted by atomic mass is 9.99. The summed E-state index contributed by atoms with van der Waals surface area (Å²) >= 11 is 0. The second kappa shape index (κ2) is 3.75. The van der Waals surface area contributed by atoms with Gasteiger partial charge in [0, 0.05) is 11.3 Å². The highest BCUT2D eigenvalue weighted by atomic mass is 16.6. The number of hydrogen-bond donors (Lipinski definition) is 0. The van der Waals surface area contributed by atoms with E-state index in [2.05, 4.69) is 0 Å². The molecule has 4 heteroatoms. The van der Waals surface area contributed by atoms with Gasteiger partial charge in [-0.25, -0.2) is 0 Å². The maximum Gasteiger partial charge on any atom is 0.230 e. The molecule has 2 rings (SSSR count). The molecule has 0 bridgehead atoms. The molecule has 1 heterocycles. The first kappa shape index (κ1) is 9.15. The topological polar surface area (TPSA) is 52.4 Å². The third-order valence-corrected chi connectivity index (χ3v) is 2.39. The van der Waals surface area contributed by atoms with Crippen LogP contribution in [0.5, 0.6) is 0 Å². The van der Waals surface area contributed by atoms with Gasteiger partial charge in [0.25, 0.3) is 0 Å². The van der Waals surface area contributed by atoms with Crippen molar-refractivity contribution in [2.45, 2.75) is 19.1 Å². The monoisotopic (exact) mass is 193 g/mol. The minimum atomic E-state index is -0.321. The molecule has 74 valence electrons. The largest absolute Gasteiger partial charge is 0.366 e. The van der Waals surface area contributed by atoms with Gasteiger partial charge in [-0.3, -0.25) is 10.1 Å². The standard InChI is InChI=1S/C10H11NO3/c12-11(13)6-10-5-8-3-1-2-4-9(8)7-14-10/h1-4,10H,5-7H2/t10-/m0/s1. The Balaban J connectivity index is 2.09. The SMILES string of the molecule is O=[N+]([O-])C[C@@H]1Cc2ccccc2CO1. The number of rotatable bonds is 2. The van der Waals surface area contributed by atoms with Crippen LogP contribution in [0.4, 0.5) is 0 Å². The minimum absolute atomic E-state index is 0.103. The second-order valence-electron chi connectivity index (χ2n) is 3.42. The number of hydrogen-bond acceptors (Lipinski definition) is 3. The van der Waals surface area contributed by atoms with Gasteiger partial charge in [0.1, 0.15) is 6.10 Å². The fourth-order valence-corrected chi connectivity index (χ4v) is 1.69. The number of nitrogens with zero attached hydrogens (tertiary/aromatic N) is 1. The number of fused-ring (bicyclic) bond motifs is 1. The Labute approximate surface area is 81.7 Å². The quantitative estimate of drug-likeness (QED) is 0.527. The van der Waals surface area contributed by atoms with E-state index in [1.807, 2.05) is 24.3 Å². The van der Waals surface area contributed by atoms with Gasteiger partial charge in [-0.05, 0) is 11.1 Å². The molecule has 0 unspecified atom stereocenters. The molecule has 1 atom stereocenters. The van der Waals surface area contributed by atoms with Gasteiger partial charge in [-0.2, -0.15) is 0 Å². The highest BCUT2D eigenvalue weighted by Crippen LogP contribution is 2.20. The second-order valence-corrected chi connectivity index (χ2v) is 3.42. The van der Waals surface area contributed by atoms with E-state index < -0.39 is 0 Å². The van der Waals surface area contributed by atoms with E-state index in [1.165, 1.54) is 5.56 Å². The summed E-state index contributed by atoms with van der Waals surface area (Å²) in [4.78, 5) is 9.98. The van der Waals surface area contributed by atoms with Gasteiger partial charge in [-0.15, -0.1) is 0 Å². The zero-order valence-corrected chi connectivity index (χ0v) is 7.68. The maximum absolute atomic E-state index is 10.3. The molecule has 1 aliphatic heterocycles. The van der Waals surface area contributed by atoms with Crippen molar-refractivity contribution in [2.24, 2.45) is 0 Å².